The van der Waals surface area contributed by atoms with Gasteiger partial charge in [0.05, 0.1) is 18.1 Å². The number of rotatable bonds is 2. The first-order valence-electron chi connectivity index (χ1n) is 6.26. The van der Waals surface area contributed by atoms with Gasteiger partial charge in [-0.3, -0.25) is 0 Å². The minimum Gasteiger partial charge on any atom is -0.363 e. The average molecular weight is 234 g/mol. The van der Waals surface area contributed by atoms with Crippen LogP contribution in [0.25, 0.3) is 0 Å². The normalized spacial score (nSPS) is 24.1. The van der Waals surface area contributed by atoms with E-state index in [9.17, 15) is 0 Å². The topological polar surface area (TPSA) is 41.0 Å². The van der Waals surface area contributed by atoms with E-state index in [2.05, 4.69) is 47.9 Å². The maximum absolute atomic E-state index is 4.13. The van der Waals surface area contributed by atoms with Crippen LogP contribution in [-0.4, -0.2) is 34.6 Å². The Bertz CT molecular complexity index is 361. The number of hydrogen-bond donors (Lipinski definition) is 1. The van der Waals surface area contributed by atoms with Gasteiger partial charge in [-0.1, -0.05) is 13.8 Å². The van der Waals surface area contributed by atoms with Gasteiger partial charge >= 0.3 is 0 Å². The summed E-state index contributed by atoms with van der Waals surface area (Å²) in [5, 5.41) is 3.61. The molecule has 1 aliphatic heterocycles. The number of piperazine rings is 1. The maximum Gasteiger partial charge on any atom is 0.115 e. The average Bonchev–Trinajstić information content (AvgIpc) is 2.28. The Balaban J connectivity index is 2.26. The van der Waals surface area contributed by atoms with Crippen molar-refractivity contribution in [1.29, 1.82) is 0 Å². The van der Waals surface area contributed by atoms with Gasteiger partial charge in [-0.05, 0) is 19.8 Å². The zero-order valence-electron chi connectivity index (χ0n) is 11.1. The highest BCUT2D eigenvalue weighted by Gasteiger charge is 2.34. The molecule has 0 amide bonds. The van der Waals surface area contributed by atoms with Crippen LogP contribution in [0.3, 0.4) is 0 Å². The molecule has 0 aliphatic carbocycles. The van der Waals surface area contributed by atoms with Gasteiger partial charge in [-0.2, -0.15) is 0 Å². The molecule has 1 aromatic rings. The summed E-state index contributed by atoms with van der Waals surface area (Å²) in [5.74, 6) is 0.610. The van der Waals surface area contributed by atoms with Gasteiger partial charge in [0.1, 0.15) is 6.33 Å². The maximum atomic E-state index is 4.13. The van der Waals surface area contributed by atoms with E-state index >= 15 is 0 Å². The van der Waals surface area contributed by atoms with Crippen LogP contribution < -0.4 is 10.2 Å². The van der Waals surface area contributed by atoms with Crippen LogP contribution in [0, 0.1) is 5.92 Å². The van der Waals surface area contributed by atoms with Crippen LogP contribution in [0.1, 0.15) is 27.7 Å². The van der Waals surface area contributed by atoms with E-state index in [1.54, 1.807) is 6.33 Å². The van der Waals surface area contributed by atoms with Crippen LogP contribution >= 0.6 is 0 Å². The molecule has 0 spiro atoms. The Hall–Kier alpha value is -1.16. The molecule has 0 bridgehead atoms. The van der Waals surface area contributed by atoms with Crippen molar-refractivity contribution in [2.24, 2.45) is 5.92 Å². The summed E-state index contributed by atoms with van der Waals surface area (Å²) in [4.78, 5) is 10.7. The molecule has 2 heterocycles. The standard InChI is InChI=1S/C13H22N4/c1-10(2)12-7-16-13(3,4)8-17(12)11-5-14-9-15-6-11/h5-6,9-10,12,16H,7-8H2,1-4H3. The first kappa shape index (κ1) is 12.3. The van der Waals surface area contributed by atoms with E-state index in [0.29, 0.717) is 12.0 Å². The second-order valence-electron chi connectivity index (χ2n) is 5.80. The number of nitrogens with one attached hydrogen (secondary N) is 1. The van der Waals surface area contributed by atoms with Crippen molar-refractivity contribution in [1.82, 2.24) is 15.3 Å². The zero-order valence-corrected chi connectivity index (χ0v) is 11.1. The van der Waals surface area contributed by atoms with Crippen molar-refractivity contribution in [3.8, 4) is 0 Å². The lowest BCUT2D eigenvalue weighted by atomic mass is 9.93. The lowest BCUT2D eigenvalue weighted by molar-refractivity contribution is 0.277. The van der Waals surface area contributed by atoms with E-state index in [1.165, 1.54) is 0 Å². The smallest absolute Gasteiger partial charge is 0.115 e. The summed E-state index contributed by atoms with van der Waals surface area (Å²) in [5.41, 5.74) is 1.27. The summed E-state index contributed by atoms with van der Waals surface area (Å²) in [6.45, 7) is 11.0. The molecule has 0 aromatic carbocycles. The highest BCUT2D eigenvalue weighted by molar-refractivity contribution is 5.44. The Morgan fingerprint density at radius 3 is 2.59 bits per heavy atom. The second kappa shape index (κ2) is 4.61. The molecule has 1 atom stereocenters. The van der Waals surface area contributed by atoms with Gasteiger partial charge in [0.15, 0.2) is 0 Å². The number of hydrogen-bond acceptors (Lipinski definition) is 4. The fraction of sp³-hybridized carbons (Fsp3) is 0.692. The van der Waals surface area contributed by atoms with Crippen molar-refractivity contribution in [2.45, 2.75) is 39.3 Å². The Morgan fingerprint density at radius 2 is 2.00 bits per heavy atom. The molecule has 1 unspecified atom stereocenters. The van der Waals surface area contributed by atoms with Gasteiger partial charge in [0, 0.05) is 24.7 Å². The largest absolute Gasteiger partial charge is 0.363 e. The first-order chi connectivity index (χ1) is 7.99. The fourth-order valence-electron chi connectivity index (χ4n) is 2.41. The summed E-state index contributed by atoms with van der Waals surface area (Å²) in [6.07, 6.45) is 5.40. The van der Waals surface area contributed by atoms with Crippen LogP contribution in [0.2, 0.25) is 0 Å². The number of aromatic nitrogens is 2. The van der Waals surface area contributed by atoms with Crippen molar-refractivity contribution >= 4 is 5.69 Å². The highest BCUT2D eigenvalue weighted by Crippen LogP contribution is 2.25. The van der Waals surface area contributed by atoms with Crippen molar-refractivity contribution in [3.63, 3.8) is 0 Å². The first-order valence-corrected chi connectivity index (χ1v) is 6.26. The van der Waals surface area contributed by atoms with Crippen LogP contribution in [0.4, 0.5) is 5.69 Å². The third kappa shape index (κ3) is 2.75. The van der Waals surface area contributed by atoms with E-state index < -0.39 is 0 Å². The van der Waals surface area contributed by atoms with E-state index in [0.717, 1.165) is 18.8 Å². The minimum absolute atomic E-state index is 0.140. The van der Waals surface area contributed by atoms with Gasteiger partial charge in [0.2, 0.25) is 0 Å². The van der Waals surface area contributed by atoms with Gasteiger partial charge in [-0.15, -0.1) is 0 Å². The third-order valence-electron chi connectivity index (χ3n) is 3.40. The molecule has 0 saturated carbocycles. The Morgan fingerprint density at radius 1 is 1.35 bits per heavy atom. The Labute approximate surface area is 103 Å². The zero-order chi connectivity index (χ0) is 12.5. The van der Waals surface area contributed by atoms with Gasteiger partial charge in [-0.25, -0.2) is 9.97 Å². The number of nitrogens with zero attached hydrogens (tertiary/aromatic N) is 3. The quantitative estimate of drug-likeness (QED) is 0.845. The summed E-state index contributed by atoms with van der Waals surface area (Å²) in [7, 11) is 0. The fourth-order valence-corrected chi connectivity index (χ4v) is 2.41. The predicted octanol–water partition coefficient (Wildman–Crippen LogP) is 1.69. The Kier molecular flexibility index (Phi) is 3.33. The molecule has 1 aromatic heterocycles. The summed E-state index contributed by atoms with van der Waals surface area (Å²) in [6, 6.07) is 0.508. The van der Waals surface area contributed by atoms with Crippen molar-refractivity contribution in [2.75, 3.05) is 18.0 Å². The van der Waals surface area contributed by atoms with Crippen LogP contribution in [-0.2, 0) is 0 Å². The molecule has 2 rings (SSSR count). The van der Waals surface area contributed by atoms with Crippen LogP contribution in [0.5, 0.6) is 0 Å². The van der Waals surface area contributed by atoms with Crippen LogP contribution in [0.15, 0.2) is 18.7 Å². The van der Waals surface area contributed by atoms with Crippen molar-refractivity contribution < 1.29 is 0 Å². The molecule has 4 nitrogen and oxygen atoms in total. The molecule has 1 fully saturated rings. The van der Waals surface area contributed by atoms with Gasteiger partial charge < -0.3 is 10.2 Å². The summed E-state index contributed by atoms with van der Waals surface area (Å²) >= 11 is 0. The SMILES string of the molecule is CC(C)C1CNC(C)(C)CN1c1cncnc1. The molecule has 1 aliphatic rings. The van der Waals surface area contributed by atoms with E-state index in [-0.39, 0.29) is 5.54 Å². The van der Waals surface area contributed by atoms with E-state index in [1.807, 2.05) is 12.4 Å². The molecule has 4 heteroatoms. The highest BCUT2D eigenvalue weighted by atomic mass is 15.3. The molecule has 94 valence electrons. The lowest BCUT2D eigenvalue weighted by Gasteiger charge is -2.47. The summed E-state index contributed by atoms with van der Waals surface area (Å²) < 4.78 is 0. The number of anilines is 1. The van der Waals surface area contributed by atoms with E-state index in [4.69, 9.17) is 0 Å². The monoisotopic (exact) mass is 234 g/mol. The third-order valence-corrected chi connectivity index (χ3v) is 3.40. The molecule has 1 saturated heterocycles. The second-order valence-corrected chi connectivity index (χ2v) is 5.80. The molecule has 1 N–H and O–H groups in total. The predicted molar refractivity (Wildman–Crippen MR) is 70.1 cm³/mol. The lowest BCUT2D eigenvalue weighted by Crippen LogP contribution is -2.63. The molecule has 0 radical (unpaired) electrons. The molecular formula is C13H22N4. The minimum atomic E-state index is 0.140. The van der Waals surface area contributed by atoms with Gasteiger partial charge in [0.25, 0.3) is 0 Å². The molecular weight excluding hydrogens is 212 g/mol. The molecule has 17 heavy (non-hydrogen) atoms. The van der Waals surface area contributed by atoms with Crippen molar-refractivity contribution in [3.05, 3.63) is 18.7 Å².